The van der Waals surface area contributed by atoms with Gasteiger partial charge in [0.2, 0.25) is 0 Å². The molecule has 1 heterocycles. The highest BCUT2D eigenvalue weighted by Gasteiger charge is 2.45. The lowest BCUT2D eigenvalue weighted by Gasteiger charge is -2.38. The molecule has 2 fully saturated rings. The van der Waals surface area contributed by atoms with E-state index in [4.69, 9.17) is 9.47 Å². The summed E-state index contributed by atoms with van der Waals surface area (Å²) in [6.45, 7) is 5.81. The molecule has 6 nitrogen and oxygen atoms in total. The molecule has 1 saturated carbocycles. The van der Waals surface area contributed by atoms with Crippen molar-refractivity contribution >= 4 is 17.6 Å². The first-order valence-electron chi connectivity index (χ1n) is 15.7. The fourth-order valence-electron chi connectivity index (χ4n) is 7.10. The van der Waals surface area contributed by atoms with Crippen LogP contribution in [0.4, 0.5) is 31.1 Å². The number of halogens is 6. The van der Waals surface area contributed by atoms with Crippen molar-refractivity contribution in [3.05, 3.63) is 69.8 Å². The molecule has 0 aromatic heterocycles. The van der Waals surface area contributed by atoms with E-state index in [1.54, 1.807) is 14.0 Å². The van der Waals surface area contributed by atoms with Crippen LogP contribution in [0.15, 0.2) is 42.0 Å². The summed E-state index contributed by atoms with van der Waals surface area (Å²) in [7, 11) is 1.55. The van der Waals surface area contributed by atoms with Gasteiger partial charge in [0, 0.05) is 12.1 Å². The number of cyclic esters (lactones) is 1. The van der Waals surface area contributed by atoms with Gasteiger partial charge in [0.25, 0.3) is 0 Å². The summed E-state index contributed by atoms with van der Waals surface area (Å²) in [5.41, 5.74) is -0.568. The summed E-state index contributed by atoms with van der Waals surface area (Å²) in [6, 6.07) is 6.16. The normalized spacial score (nSPS) is 22.6. The zero-order chi connectivity index (χ0) is 34.5. The van der Waals surface area contributed by atoms with Crippen LogP contribution in [-0.4, -0.2) is 41.8 Å². The van der Waals surface area contributed by atoms with Crippen LogP contribution in [0.5, 0.6) is 5.75 Å². The molecule has 3 aliphatic rings. The minimum atomic E-state index is -5.03. The number of alkyl halides is 6. The molecule has 1 saturated heterocycles. The van der Waals surface area contributed by atoms with Gasteiger partial charge in [-0.2, -0.15) is 26.3 Å². The number of ether oxygens (including phenoxy) is 2. The summed E-state index contributed by atoms with van der Waals surface area (Å²) < 4.78 is 92.7. The SMILES string of the molecule is COc1ccc(CCC2(C(=O)O)CCC2)cc1C1=C(CN2C(=O)O[C@H](c3cc(C(F)(F)F)cc(C(F)(F)F)c3)[C@@H]2C)CC(C)(C)CC1. The predicted molar refractivity (Wildman–Crippen MR) is 162 cm³/mol. The first kappa shape index (κ1) is 34.6. The number of allylic oxidation sites excluding steroid dienone is 1. The minimum Gasteiger partial charge on any atom is -0.496 e. The van der Waals surface area contributed by atoms with Crippen molar-refractivity contribution < 1.29 is 50.5 Å². The van der Waals surface area contributed by atoms with Gasteiger partial charge in [-0.25, -0.2) is 4.79 Å². The number of benzene rings is 2. The molecule has 0 spiro atoms. The Labute approximate surface area is 269 Å². The van der Waals surface area contributed by atoms with Gasteiger partial charge in [0.1, 0.15) is 11.9 Å². The second-order valence-corrected chi connectivity index (χ2v) is 13.9. The van der Waals surface area contributed by atoms with Crippen LogP contribution in [0.2, 0.25) is 0 Å². The maximum atomic E-state index is 13.6. The molecule has 12 heteroatoms. The minimum absolute atomic E-state index is 0.0547. The number of hydrogen-bond acceptors (Lipinski definition) is 4. The van der Waals surface area contributed by atoms with E-state index >= 15 is 0 Å². The van der Waals surface area contributed by atoms with E-state index in [-0.39, 0.29) is 23.6 Å². The number of rotatable bonds is 9. The predicted octanol–water partition coefficient (Wildman–Crippen LogP) is 9.47. The number of carboxylic acids is 1. The molecular formula is C35H39F6NO5. The standard InChI is InChI=1S/C35H39F6NO5/c1-20-29(22-15-24(34(36,37)38)17-25(16-22)35(39,40)41)47-31(45)42(20)19-23-18-32(2,3)12-9-26(23)27-14-21(6-7-28(27)46-4)8-13-33(30(43)44)10-5-11-33/h6-7,14-17,20,29H,5,8-13,18-19H2,1-4H3,(H,43,44)/t20-,29-/m0/s1. The van der Waals surface area contributed by atoms with E-state index in [1.807, 2.05) is 18.2 Å². The van der Waals surface area contributed by atoms with Crippen LogP contribution in [0.3, 0.4) is 0 Å². The number of aliphatic carboxylic acids is 1. The third-order valence-corrected chi connectivity index (χ3v) is 10.1. The highest BCUT2D eigenvalue weighted by Crippen LogP contribution is 2.48. The Morgan fingerprint density at radius 2 is 1.66 bits per heavy atom. The van der Waals surface area contributed by atoms with Crippen LogP contribution in [0.1, 0.15) is 99.6 Å². The molecule has 2 aliphatic carbocycles. The van der Waals surface area contributed by atoms with E-state index < -0.39 is 53.1 Å². The van der Waals surface area contributed by atoms with Crippen molar-refractivity contribution in [2.75, 3.05) is 13.7 Å². The van der Waals surface area contributed by atoms with E-state index in [2.05, 4.69) is 13.8 Å². The average molecular weight is 668 g/mol. The highest BCUT2D eigenvalue weighted by molar-refractivity contribution is 5.77. The summed E-state index contributed by atoms with van der Waals surface area (Å²) in [5, 5.41) is 9.78. The molecule has 2 aromatic carbocycles. The van der Waals surface area contributed by atoms with Crippen molar-refractivity contribution in [2.45, 2.75) is 96.6 Å². The second kappa shape index (κ2) is 12.4. The molecule has 256 valence electrons. The zero-order valence-electron chi connectivity index (χ0n) is 26.8. The number of carbonyl (C=O) groups is 2. The summed E-state index contributed by atoms with van der Waals surface area (Å²) >= 11 is 0. The Hall–Kier alpha value is -3.70. The molecule has 0 radical (unpaired) electrons. The quantitative estimate of drug-likeness (QED) is 0.270. The fourth-order valence-corrected chi connectivity index (χ4v) is 7.10. The molecule has 2 aromatic rings. The molecule has 0 unspecified atom stereocenters. The number of hydrogen-bond donors (Lipinski definition) is 1. The third-order valence-electron chi connectivity index (χ3n) is 10.1. The Kier molecular flexibility index (Phi) is 9.13. The molecule has 1 aliphatic heterocycles. The fraction of sp³-hybridized carbons (Fsp3) is 0.543. The van der Waals surface area contributed by atoms with Crippen LogP contribution in [0, 0.1) is 10.8 Å². The van der Waals surface area contributed by atoms with Crippen molar-refractivity contribution in [2.24, 2.45) is 10.8 Å². The van der Waals surface area contributed by atoms with E-state index in [1.165, 1.54) is 4.90 Å². The Morgan fingerprint density at radius 3 is 2.19 bits per heavy atom. The number of amides is 1. The Morgan fingerprint density at radius 1 is 1.02 bits per heavy atom. The number of nitrogens with zero attached hydrogens (tertiary/aromatic N) is 1. The topological polar surface area (TPSA) is 76.1 Å². The number of carboxylic acid groups (broad SMARTS) is 1. The van der Waals surface area contributed by atoms with Crippen LogP contribution in [-0.2, 0) is 28.3 Å². The monoisotopic (exact) mass is 667 g/mol. The summed E-state index contributed by atoms with van der Waals surface area (Å²) in [5.74, 6) is -0.169. The molecular weight excluding hydrogens is 628 g/mol. The first-order valence-corrected chi connectivity index (χ1v) is 15.7. The Balaban J connectivity index is 1.48. The van der Waals surface area contributed by atoms with E-state index in [9.17, 15) is 41.0 Å². The molecule has 2 atom stereocenters. The van der Waals surface area contributed by atoms with Gasteiger partial charge in [-0.15, -0.1) is 0 Å². The van der Waals surface area contributed by atoms with Crippen LogP contribution < -0.4 is 4.74 Å². The van der Waals surface area contributed by atoms with Gasteiger partial charge in [-0.3, -0.25) is 9.69 Å². The lowest BCUT2D eigenvalue weighted by atomic mass is 9.65. The van der Waals surface area contributed by atoms with Gasteiger partial charge in [0.05, 0.1) is 29.7 Å². The van der Waals surface area contributed by atoms with Gasteiger partial charge in [0.15, 0.2) is 0 Å². The van der Waals surface area contributed by atoms with Crippen molar-refractivity contribution in [3.8, 4) is 5.75 Å². The van der Waals surface area contributed by atoms with Gasteiger partial charge in [-0.05, 0) is 110 Å². The van der Waals surface area contributed by atoms with E-state index in [0.29, 0.717) is 56.4 Å². The van der Waals surface area contributed by atoms with E-state index in [0.717, 1.165) is 35.1 Å². The zero-order valence-corrected chi connectivity index (χ0v) is 26.8. The molecule has 1 N–H and O–H groups in total. The smallest absolute Gasteiger partial charge is 0.416 e. The van der Waals surface area contributed by atoms with Gasteiger partial charge in [-0.1, -0.05) is 26.3 Å². The van der Waals surface area contributed by atoms with Crippen molar-refractivity contribution in [3.63, 3.8) is 0 Å². The molecule has 0 bridgehead atoms. The third kappa shape index (κ3) is 7.11. The largest absolute Gasteiger partial charge is 0.496 e. The maximum Gasteiger partial charge on any atom is 0.416 e. The molecule has 47 heavy (non-hydrogen) atoms. The van der Waals surface area contributed by atoms with Crippen LogP contribution in [0.25, 0.3) is 5.57 Å². The van der Waals surface area contributed by atoms with Crippen molar-refractivity contribution in [1.82, 2.24) is 4.90 Å². The van der Waals surface area contributed by atoms with Gasteiger partial charge < -0.3 is 14.6 Å². The number of methoxy groups -OCH3 is 1. The molecule has 1 amide bonds. The van der Waals surface area contributed by atoms with Crippen LogP contribution >= 0.6 is 0 Å². The molecule has 5 rings (SSSR count). The van der Waals surface area contributed by atoms with Gasteiger partial charge >= 0.3 is 24.4 Å². The maximum absolute atomic E-state index is 13.6. The highest BCUT2D eigenvalue weighted by atomic mass is 19.4. The summed E-state index contributed by atoms with van der Waals surface area (Å²) in [4.78, 5) is 26.5. The average Bonchev–Trinajstić information content (AvgIpc) is 3.23. The lowest BCUT2D eigenvalue weighted by molar-refractivity contribution is -0.155. The Bertz CT molecular complexity index is 1540. The van der Waals surface area contributed by atoms with Crippen molar-refractivity contribution in [1.29, 1.82) is 0 Å². The lowest BCUT2D eigenvalue weighted by Crippen LogP contribution is -2.38. The second-order valence-electron chi connectivity index (χ2n) is 13.9. The number of carbonyl (C=O) groups excluding carboxylic acids is 1. The summed E-state index contributed by atoms with van der Waals surface area (Å²) in [6.07, 6.45) is -6.92. The first-order chi connectivity index (χ1) is 21.8. The number of aryl methyl sites for hydroxylation is 1.